The Labute approximate surface area is 405 Å². The van der Waals surface area contributed by atoms with Crippen LogP contribution in [0.2, 0.25) is 0 Å². The molecule has 4 heterocycles. The average Bonchev–Trinajstić information content (AvgIpc) is 3.78. The molecule has 0 bridgehead atoms. The van der Waals surface area contributed by atoms with E-state index < -0.39 is 5.41 Å². The highest BCUT2D eigenvalue weighted by Gasteiger charge is 2.51. The Bertz CT molecular complexity index is 3870. The average molecular weight is 896 g/mol. The summed E-state index contributed by atoms with van der Waals surface area (Å²) in [4.78, 5) is 17.4. The van der Waals surface area contributed by atoms with Crippen LogP contribution in [-0.4, -0.2) is 19.5 Å². The Morgan fingerprint density at radius 3 is 1.44 bits per heavy atom. The van der Waals surface area contributed by atoms with E-state index in [0.717, 1.165) is 73.2 Å². The molecule has 12 aromatic rings. The maximum Gasteiger partial charge on any atom is 0.164 e. The van der Waals surface area contributed by atoms with Crippen molar-refractivity contribution in [3.05, 3.63) is 271 Å². The van der Waals surface area contributed by atoms with Crippen molar-refractivity contribution in [2.24, 2.45) is 0 Å². The first-order valence-electron chi connectivity index (χ1n) is 23.7. The Morgan fingerprint density at radius 2 is 0.786 bits per heavy atom. The number of anilines is 3. The molecule has 70 heavy (non-hydrogen) atoms. The maximum atomic E-state index is 6.91. The first kappa shape index (κ1) is 39.7. The fourth-order valence-corrected chi connectivity index (χ4v) is 11.0. The van der Waals surface area contributed by atoms with Crippen molar-refractivity contribution < 1.29 is 4.74 Å². The lowest BCUT2D eigenvalue weighted by atomic mass is 9.61. The number of rotatable bonds is 6. The Kier molecular flexibility index (Phi) is 9.01. The minimum Gasteiger partial charge on any atom is -0.457 e. The lowest BCUT2D eigenvalue weighted by molar-refractivity contribution is 0.434. The number of para-hydroxylation sites is 5. The third-order valence-electron chi connectivity index (χ3n) is 14.1. The van der Waals surface area contributed by atoms with Gasteiger partial charge in [-0.1, -0.05) is 164 Å². The number of ether oxygens (including phenoxy) is 1. The van der Waals surface area contributed by atoms with E-state index in [0.29, 0.717) is 17.5 Å². The number of fused-ring (bicyclic) bond motifs is 11. The number of benzene rings is 10. The van der Waals surface area contributed by atoms with Gasteiger partial charge in [0.2, 0.25) is 0 Å². The summed E-state index contributed by atoms with van der Waals surface area (Å²) in [6.07, 6.45) is 0. The van der Waals surface area contributed by atoms with Crippen LogP contribution in [0.5, 0.6) is 11.5 Å². The summed E-state index contributed by atoms with van der Waals surface area (Å²) in [5.74, 6) is 3.57. The van der Waals surface area contributed by atoms with Crippen molar-refractivity contribution in [2.45, 2.75) is 5.41 Å². The van der Waals surface area contributed by atoms with E-state index >= 15 is 0 Å². The number of aromatic nitrogens is 4. The monoisotopic (exact) mass is 895 g/mol. The molecular formula is C64H41N5O. The summed E-state index contributed by atoms with van der Waals surface area (Å²) < 4.78 is 9.28. The van der Waals surface area contributed by atoms with Crippen molar-refractivity contribution in [3.8, 4) is 62.5 Å². The van der Waals surface area contributed by atoms with Crippen LogP contribution in [0.15, 0.2) is 249 Å². The van der Waals surface area contributed by atoms with E-state index in [9.17, 15) is 0 Å². The van der Waals surface area contributed by atoms with Gasteiger partial charge in [0.1, 0.15) is 11.5 Å². The van der Waals surface area contributed by atoms with Gasteiger partial charge in [0.05, 0.1) is 27.8 Å². The van der Waals surface area contributed by atoms with Crippen LogP contribution >= 0.6 is 0 Å². The second-order valence-electron chi connectivity index (χ2n) is 17.9. The molecule has 1 spiro atoms. The van der Waals surface area contributed by atoms with Crippen LogP contribution in [0.1, 0.15) is 22.3 Å². The van der Waals surface area contributed by atoms with Crippen LogP contribution in [0.3, 0.4) is 0 Å². The molecule has 0 aliphatic carbocycles. The third kappa shape index (κ3) is 6.10. The van der Waals surface area contributed by atoms with Gasteiger partial charge in [0.25, 0.3) is 0 Å². The summed E-state index contributed by atoms with van der Waals surface area (Å²) in [6, 6.07) is 88.1. The van der Waals surface area contributed by atoms with Crippen LogP contribution in [0, 0.1) is 0 Å². The van der Waals surface area contributed by atoms with Gasteiger partial charge in [-0.2, -0.15) is 0 Å². The molecule has 2 aliphatic heterocycles. The van der Waals surface area contributed by atoms with Gasteiger partial charge >= 0.3 is 0 Å². The zero-order valence-electron chi connectivity index (χ0n) is 37.8. The fourth-order valence-electron chi connectivity index (χ4n) is 11.0. The van der Waals surface area contributed by atoms with Gasteiger partial charge in [-0.05, 0) is 107 Å². The summed E-state index contributed by atoms with van der Waals surface area (Å²) >= 11 is 0. The summed E-state index contributed by atoms with van der Waals surface area (Å²) in [5.41, 5.74) is 15.6. The van der Waals surface area contributed by atoms with Crippen molar-refractivity contribution in [1.29, 1.82) is 0 Å². The smallest absolute Gasteiger partial charge is 0.164 e. The Hall–Kier alpha value is -9.39. The van der Waals surface area contributed by atoms with Gasteiger partial charge in [-0.3, -0.25) is 0 Å². The number of hydrogen-bond donors (Lipinski definition) is 0. The molecule has 6 nitrogen and oxygen atoms in total. The Balaban J connectivity index is 0.924. The molecule has 0 unspecified atom stereocenters. The highest BCUT2D eigenvalue weighted by atomic mass is 16.5. The zero-order chi connectivity index (χ0) is 46.2. The second-order valence-corrected chi connectivity index (χ2v) is 17.9. The highest BCUT2D eigenvalue weighted by molar-refractivity contribution is 6.10. The lowest BCUT2D eigenvalue weighted by Gasteiger charge is -2.48. The van der Waals surface area contributed by atoms with Gasteiger partial charge in [0, 0.05) is 50.0 Å². The molecule has 0 radical (unpaired) electrons. The van der Waals surface area contributed by atoms with E-state index in [1.807, 2.05) is 60.7 Å². The molecule has 2 aromatic heterocycles. The fraction of sp³-hybridized carbons (Fsp3) is 0.0156. The third-order valence-corrected chi connectivity index (χ3v) is 14.1. The SMILES string of the molecule is c1ccc(-c2nc(-c3ccccc3)nc(-c3ccc(N4c5ccccc5C5(c6ccccc6Oc6ccc(-c7ccc8c(c7)c7ccccc7n8-c7ccccc7)cc65)c5ccccc54)cc3)n2)cc1. The molecule has 14 rings (SSSR count). The zero-order valence-corrected chi connectivity index (χ0v) is 37.8. The van der Waals surface area contributed by atoms with E-state index in [2.05, 4.69) is 198 Å². The minimum absolute atomic E-state index is 0.616. The van der Waals surface area contributed by atoms with Gasteiger partial charge in [0.15, 0.2) is 17.5 Å². The van der Waals surface area contributed by atoms with Crippen molar-refractivity contribution in [3.63, 3.8) is 0 Å². The molecule has 10 aromatic carbocycles. The van der Waals surface area contributed by atoms with E-state index in [1.54, 1.807) is 0 Å². The number of hydrogen-bond acceptors (Lipinski definition) is 5. The lowest BCUT2D eigenvalue weighted by Crippen LogP contribution is -2.39. The van der Waals surface area contributed by atoms with Crippen molar-refractivity contribution in [2.75, 3.05) is 4.90 Å². The van der Waals surface area contributed by atoms with Crippen molar-refractivity contribution in [1.82, 2.24) is 19.5 Å². The van der Waals surface area contributed by atoms with Crippen LogP contribution in [0.25, 0.3) is 72.8 Å². The molecule has 328 valence electrons. The van der Waals surface area contributed by atoms with Gasteiger partial charge in [-0.25, -0.2) is 15.0 Å². The minimum atomic E-state index is -0.718. The van der Waals surface area contributed by atoms with Gasteiger partial charge in [-0.15, -0.1) is 0 Å². The van der Waals surface area contributed by atoms with Crippen LogP contribution < -0.4 is 9.64 Å². The predicted octanol–water partition coefficient (Wildman–Crippen LogP) is 15.9. The molecule has 6 heteroatoms. The van der Waals surface area contributed by atoms with Crippen LogP contribution in [0.4, 0.5) is 17.1 Å². The Morgan fingerprint density at radius 1 is 0.314 bits per heavy atom. The molecule has 0 saturated carbocycles. The second kappa shape index (κ2) is 15.9. The van der Waals surface area contributed by atoms with Crippen molar-refractivity contribution >= 4 is 38.9 Å². The normalized spacial score (nSPS) is 13.1. The topological polar surface area (TPSA) is 56.1 Å². The molecular weight excluding hydrogens is 855 g/mol. The highest BCUT2D eigenvalue weighted by Crippen LogP contribution is 2.63. The predicted molar refractivity (Wildman–Crippen MR) is 283 cm³/mol. The molecule has 0 saturated heterocycles. The first-order valence-corrected chi connectivity index (χ1v) is 23.7. The summed E-state index contributed by atoms with van der Waals surface area (Å²) in [5, 5.41) is 2.44. The maximum absolute atomic E-state index is 6.91. The molecule has 0 N–H and O–H groups in total. The molecule has 0 amide bonds. The largest absolute Gasteiger partial charge is 0.457 e. The van der Waals surface area contributed by atoms with E-state index in [1.165, 1.54) is 32.9 Å². The van der Waals surface area contributed by atoms with Crippen LogP contribution in [-0.2, 0) is 5.41 Å². The summed E-state index contributed by atoms with van der Waals surface area (Å²) in [6.45, 7) is 0. The van der Waals surface area contributed by atoms with E-state index in [4.69, 9.17) is 19.7 Å². The number of nitrogens with zero attached hydrogens (tertiary/aromatic N) is 5. The first-order chi connectivity index (χ1) is 34.7. The quantitative estimate of drug-likeness (QED) is 0.166. The standard InChI is InChI=1S/C64H41N5O/c1-4-18-42(19-5-1)61-65-62(43-20-6-2-7-21-43)67-63(66-61)44-32-36-48(37-33-44)69-57-29-15-11-25-51(57)64(52-26-12-16-30-58(52)69)53-27-13-17-31-59(53)70-60-39-35-46(41-54(60)64)45-34-38-56-50(40-45)49-24-10-14-28-55(49)68(56)47-22-8-3-9-23-47/h1-41H. The molecule has 2 aliphatic rings. The molecule has 0 atom stereocenters. The van der Waals surface area contributed by atoms with Gasteiger partial charge < -0.3 is 14.2 Å². The van der Waals surface area contributed by atoms with E-state index in [-0.39, 0.29) is 0 Å². The summed E-state index contributed by atoms with van der Waals surface area (Å²) in [7, 11) is 0. The molecule has 0 fully saturated rings.